The maximum absolute atomic E-state index is 13.2. The Labute approximate surface area is 233 Å². The fourth-order valence-corrected chi connectivity index (χ4v) is 5.84. The van der Waals surface area contributed by atoms with Crippen LogP contribution in [0.4, 0.5) is 0 Å². The molecule has 0 saturated carbocycles. The monoisotopic (exact) mass is 574 g/mol. The van der Waals surface area contributed by atoms with Crippen LogP contribution < -0.4 is 10.1 Å². The minimum Gasteiger partial charge on any atom is -0.497 e. The maximum atomic E-state index is 13.2. The number of aliphatic hydroxyl groups is 1. The molecule has 2 N–H and O–H groups in total. The highest BCUT2D eigenvalue weighted by Crippen LogP contribution is 2.36. The number of hydrogen-bond donors (Lipinski definition) is 2. The zero-order chi connectivity index (χ0) is 28.5. The minimum atomic E-state index is -3.90. The van der Waals surface area contributed by atoms with Crippen LogP contribution in [-0.2, 0) is 29.0 Å². The molecule has 0 aliphatic carbocycles. The van der Waals surface area contributed by atoms with E-state index in [-0.39, 0.29) is 42.9 Å². The Morgan fingerprint density at radius 2 is 1.88 bits per heavy atom. The Hall–Kier alpha value is -3.42. The highest BCUT2D eigenvalue weighted by Gasteiger charge is 2.31. The van der Waals surface area contributed by atoms with Gasteiger partial charge in [-0.1, -0.05) is 18.2 Å². The van der Waals surface area contributed by atoms with Gasteiger partial charge in [-0.05, 0) is 36.4 Å². The van der Waals surface area contributed by atoms with E-state index in [1.807, 2.05) is 24.3 Å². The summed E-state index contributed by atoms with van der Waals surface area (Å²) >= 11 is 0. The van der Waals surface area contributed by atoms with Crippen molar-refractivity contribution in [2.45, 2.75) is 23.5 Å². The predicted molar refractivity (Wildman–Crippen MR) is 146 cm³/mol. The summed E-state index contributed by atoms with van der Waals surface area (Å²) < 4.78 is 55.2. The number of sulfonamides is 1. The number of para-hydroxylation sites is 1. The molecule has 0 saturated heterocycles. The van der Waals surface area contributed by atoms with Crippen LogP contribution >= 0.6 is 0 Å². The third-order valence-electron chi connectivity index (χ3n) is 6.47. The number of fused-ring (bicyclic) bond motifs is 1. The Kier molecular flexibility index (Phi) is 10.2. The molecule has 2 aromatic carbocycles. The van der Waals surface area contributed by atoms with Crippen LogP contribution in [0.15, 0.2) is 75.9 Å². The van der Waals surface area contributed by atoms with Gasteiger partial charge in [0, 0.05) is 50.0 Å². The second-order valence-corrected chi connectivity index (χ2v) is 11.0. The summed E-state index contributed by atoms with van der Waals surface area (Å²) in [5, 5.41) is 13.2. The van der Waals surface area contributed by atoms with Gasteiger partial charge in [0.05, 0.1) is 38.1 Å². The van der Waals surface area contributed by atoms with E-state index in [1.165, 1.54) is 19.2 Å². The molecule has 2 atom stereocenters. The molecule has 40 heavy (non-hydrogen) atoms. The van der Waals surface area contributed by atoms with Crippen molar-refractivity contribution in [3.05, 3.63) is 72.2 Å². The van der Waals surface area contributed by atoms with Crippen molar-refractivity contribution >= 4 is 26.9 Å². The van der Waals surface area contributed by atoms with E-state index in [0.717, 1.165) is 20.8 Å². The second kappa shape index (κ2) is 13.8. The van der Waals surface area contributed by atoms with Crippen LogP contribution in [0.5, 0.6) is 5.75 Å². The lowest BCUT2D eigenvalue weighted by molar-refractivity contribution is -0.146. The number of benzene rings is 2. The lowest BCUT2D eigenvalue weighted by atomic mass is 9.92. The first-order valence-corrected chi connectivity index (χ1v) is 14.3. The van der Waals surface area contributed by atoms with Gasteiger partial charge in [0.25, 0.3) is 5.91 Å². The SMILES string of the molecule is COCCNC(=O)C1=C[C@H](c2coc3ccccc23)C[C@H](OCCN(CCO)S(=O)(=O)c2ccc(OC)cc2)O1. The molecule has 12 heteroatoms. The zero-order valence-electron chi connectivity index (χ0n) is 22.4. The molecule has 11 nitrogen and oxygen atoms in total. The van der Waals surface area contributed by atoms with E-state index in [4.69, 9.17) is 23.4 Å². The van der Waals surface area contributed by atoms with E-state index < -0.39 is 22.2 Å². The number of nitrogens with zero attached hydrogens (tertiary/aromatic N) is 1. The van der Waals surface area contributed by atoms with Crippen LogP contribution in [0.1, 0.15) is 17.9 Å². The Bertz CT molecular complexity index is 1400. The number of hydrogen-bond acceptors (Lipinski definition) is 9. The smallest absolute Gasteiger partial charge is 0.286 e. The van der Waals surface area contributed by atoms with Crippen LogP contribution in [-0.4, -0.2) is 83.7 Å². The van der Waals surface area contributed by atoms with E-state index in [2.05, 4.69) is 5.32 Å². The third-order valence-corrected chi connectivity index (χ3v) is 8.39. The van der Waals surface area contributed by atoms with Crippen molar-refractivity contribution in [1.29, 1.82) is 0 Å². The number of amides is 1. The van der Waals surface area contributed by atoms with Crippen molar-refractivity contribution in [2.24, 2.45) is 0 Å². The van der Waals surface area contributed by atoms with Gasteiger partial charge >= 0.3 is 0 Å². The van der Waals surface area contributed by atoms with E-state index in [1.54, 1.807) is 31.6 Å². The summed E-state index contributed by atoms with van der Waals surface area (Å²) in [6.45, 7) is 0.113. The molecule has 1 amide bonds. The minimum absolute atomic E-state index is 0.0303. The Morgan fingerprint density at radius 1 is 1.10 bits per heavy atom. The van der Waals surface area contributed by atoms with E-state index >= 15 is 0 Å². The van der Waals surface area contributed by atoms with Gasteiger partial charge in [0.1, 0.15) is 11.3 Å². The number of aliphatic hydroxyl groups excluding tert-OH is 1. The summed E-state index contributed by atoms with van der Waals surface area (Å²) in [6, 6.07) is 13.6. The molecule has 3 aromatic rings. The number of ether oxygens (including phenoxy) is 4. The normalized spacial score (nSPS) is 17.4. The highest BCUT2D eigenvalue weighted by atomic mass is 32.2. The lowest BCUT2D eigenvalue weighted by Crippen LogP contribution is -2.38. The molecule has 4 rings (SSSR count). The van der Waals surface area contributed by atoms with Gasteiger partial charge in [0.15, 0.2) is 5.76 Å². The van der Waals surface area contributed by atoms with Crippen LogP contribution in [0.3, 0.4) is 0 Å². The molecule has 0 bridgehead atoms. The Balaban J connectivity index is 1.48. The number of allylic oxidation sites excluding steroid dienone is 1. The number of carbonyl (C=O) groups excluding carboxylic acids is 1. The summed E-state index contributed by atoms with van der Waals surface area (Å²) in [5.74, 6) is -0.0319. The summed E-state index contributed by atoms with van der Waals surface area (Å²) in [6.07, 6.45) is 2.96. The molecular formula is C28H34N2O9S. The van der Waals surface area contributed by atoms with Gasteiger partial charge in [0.2, 0.25) is 16.3 Å². The van der Waals surface area contributed by atoms with Gasteiger partial charge < -0.3 is 33.8 Å². The quantitative estimate of drug-likeness (QED) is 0.278. The molecular weight excluding hydrogens is 540 g/mol. The molecule has 216 valence electrons. The topological polar surface area (TPSA) is 137 Å². The summed E-state index contributed by atoms with van der Waals surface area (Å²) in [5.41, 5.74) is 1.61. The molecule has 1 aromatic heterocycles. The summed E-state index contributed by atoms with van der Waals surface area (Å²) in [7, 11) is -0.863. The molecule has 0 radical (unpaired) electrons. The second-order valence-electron chi connectivity index (χ2n) is 9.03. The van der Waals surface area contributed by atoms with Crippen molar-refractivity contribution < 1.29 is 41.7 Å². The van der Waals surface area contributed by atoms with Gasteiger partial charge in [-0.3, -0.25) is 4.79 Å². The largest absolute Gasteiger partial charge is 0.497 e. The van der Waals surface area contributed by atoms with Crippen molar-refractivity contribution in [3.8, 4) is 5.75 Å². The fourth-order valence-electron chi connectivity index (χ4n) is 4.42. The van der Waals surface area contributed by atoms with E-state index in [0.29, 0.717) is 25.3 Å². The molecule has 0 fully saturated rings. The van der Waals surface area contributed by atoms with Gasteiger partial charge in [-0.15, -0.1) is 0 Å². The van der Waals surface area contributed by atoms with Gasteiger partial charge in [-0.2, -0.15) is 4.31 Å². The number of furan rings is 1. The molecule has 1 aliphatic heterocycles. The average Bonchev–Trinajstić information content (AvgIpc) is 3.41. The molecule has 0 unspecified atom stereocenters. The Morgan fingerprint density at radius 3 is 2.60 bits per heavy atom. The van der Waals surface area contributed by atoms with Crippen LogP contribution in [0.2, 0.25) is 0 Å². The van der Waals surface area contributed by atoms with Crippen molar-refractivity contribution in [1.82, 2.24) is 9.62 Å². The maximum Gasteiger partial charge on any atom is 0.286 e. The van der Waals surface area contributed by atoms with Gasteiger partial charge in [-0.25, -0.2) is 8.42 Å². The summed E-state index contributed by atoms with van der Waals surface area (Å²) in [4.78, 5) is 12.9. The molecule has 1 aliphatic rings. The number of nitrogens with one attached hydrogen (secondary N) is 1. The van der Waals surface area contributed by atoms with E-state index in [9.17, 15) is 18.3 Å². The van der Waals surface area contributed by atoms with Crippen LogP contribution in [0.25, 0.3) is 11.0 Å². The number of rotatable bonds is 14. The average molecular weight is 575 g/mol. The number of methoxy groups -OCH3 is 2. The lowest BCUT2D eigenvalue weighted by Gasteiger charge is -2.29. The number of carbonyl (C=O) groups is 1. The molecule has 0 spiro atoms. The molecule has 2 heterocycles. The standard InChI is InChI=1S/C28H34N2O9S/c1-35-15-11-29-28(32)26-17-20(24-19-38-25-6-4-3-5-23(24)25)18-27(39-26)37-16-13-30(12-14-31)40(33,34)22-9-7-21(36-2)8-10-22/h3-10,17,19-20,27,31H,11-16,18H2,1-2H3,(H,29,32)/t20-,27+/m0/s1. The fraction of sp³-hybridized carbons (Fsp3) is 0.393. The predicted octanol–water partition coefficient (Wildman–Crippen LogP) is 2.62. The zero-order valence-corrected chi connectivity index (χ0v) is 23.3. The first kappa shape index (κ1) is 29.6. The van der Waals surface area contributed by atoms with Crippen molar-refractivity contribution in [3.63, 3.8) is 0 Å². The highest BCUT2D eigenvalue weighted by molar-refractivity contribution is 7.89. The third kappa shape index (κ3) is 7.01. The van der Waals surface area contributed by atoms with Crippen molar-refractivity contribution in [2.75, 3.05) is 53.7 Å². The first-order chi connectivity index (χ1) is 19.4. The van der Waals surface area contributed by atoms with Crippen LogP contribution in [0, 0.1) is 0 Å². The first-order valence-electron chi connectivity index (χ1n) is 12.9.